The average Bonchev–Trinajstić information content (AvgIpc) is 3.86. The lowest BCUT2D eigenvalue weighted by Gasteiger charge is -2.35. The Bertz CT molecular complexity index is 1400. The molecule has 3 aliphatic rings. The molecule has 3 fully saturated rings. The predicted molar refractivity (Wildman–Crippen MR) is 148 cm³/mol. The molecule has 2 aromatic carbocycles. The molecule has 8 nitrogen and oxygen atoms in total. The maximum Gasteiger partial charge on any atom is 0.416 e. The van der Waals surface area contributed by atoms with E-state index in [0.717, 1.165) is 49.8 Å². The van der Waals surface area contributed by atoms with Gasteiger partial charge in [-0.2, -0.15) is 13.2 Å². The van der Waals surface area contributed by atoms with Crippen LogP contribution in [0.4, 0.5) is 23.7 Å². The molecule has 0 aromatic heterocycles. The standard InChI is InChI=1S/C28H32ClF3N4O4S/c29-24-12-7-21(28(30,31)32)14-25(24)36(41(39,40)23-10-5-20(6-11-23)19-3-4-19)17-26(37)35-13-1-2-18(16-35)15-33-27(38)34-22-8-9-22/h5-7,10-12,14,18-19,22H,1-4,8-9,13,15-17H2,(H2,33,34,38). The van der Waals surface area contributed by atoms with Crippen molar-refractivity contribution in [1.82, 2.24) is 15.5 Å². The second-order valence-corrected chi connectivity index (χ2v) is 13.3. The van der Waals surface area contributed by atoms with Crippen LogP contribution in [0.2, 0.25) is 5.02 Å². The number of urea groups is 1. The van der Waals surface area contributed by atoms with Crippen molar-refractivity contribution in [3.63, 3.8) is 0 Å². The number of nitrogens with zero attached hydrogens (tertiary/aromatic N) is 2. The minimum Gasteiger partial charge on any atom is -0.341 e. The van der Waals surface area contributed by atoms with Crippen LogP contribution in [0.5, 0.6) is 0 Å². The van der Waals surface area contributed by atoms with Crippen LogP contribution in [0.3, 0.4) is 0 Å². The molecule has 1 unspecified atom stereocenters. The number of hydrogen-bond acceptors (Lipinski definition) is 4. The van der Waals surface area contributed by atoms with Gasteiger partial charge in [-0.25, -0.2) is 13.2 Å². The first-order chi connectivity index (χ1) is 19.4. The van der Waals surface area contributed by atoms with E-state index < -0.39 is 39.9 Å². The molecule has 1 atom stereocenters. The largest absolute Gasteiger partial charge is 0.416 e. The first-order valence-corrected chi connectivity index (χ1v) is 15.5. The molecular formula is C28H32ClF3N4O4S. The monoisotopic (exact) mass is 612 g/mol. The number of piperidine rings is 1. The Morgan fingerprint density at radius 3 is 2.37 bits per heavy atom. The molecular weight excluding hydrogens is 581 g/mol. The summed E-state index contributed by atoms with van der Waals surface area (Å²) in [5.74, 6) is -0.234. The Morgan fingerprint density at radius 2 is 1.73 bits per heavy atom. The van der Waals surface area contributed by atoms with Gasteiger partial charge in [0.1, 0.15) is 6.54 Å². The first-order valence-electron chi connectivity index (χ1n) is 13.7. The van der Waals surface area contributed by atoms with Crippen molar-refractivity contribution in [2.24, 2.45) is 5.92 Å². The van der Waals surface area contributed by atoms with Crippen molar-refractivity contribution in [2.45, 2.75) is 61.6 Å². The van der Waals surface area contributed by atoms with Gasteiger partial charge in [-0.15, -0.1) is 0 Å². The number of nitrogens with one attached hydrogen (secondary N) is 2. The van der Waals surface area contributed by atoms with E-state index in [9.17, 15) is 31.2 Å². The second-order valence-electron chi connectivity index (χ2n) is 11.0. The van der Waals surface area contributed by atoms with Gasteiger partial charge in [0.25, 0.3) is 10.0 Å². The number of halogens is 4. The summed E-state index contributed by atoms with van der Waals surface area (Å²) in [6.07, 6.45) is 0.611. The van der Waals surface area contributed by atoms with Crippen LogP contribution in [0.25, 0.3) is 0 Å². The number of rotatable bonds is 9. The molecule has 0 radical (unpaired) electrons. The number of hydrogen-bond donors (Lipinski definition) is 2. The minimum atomic E-state index is -4.75. The van der Waals surface area contributed by atoms with E-state index in [4.69, 9.17) is 11.6 Å². The average molecular weight is 613 g/mol. The van der Waals surface area contributed by atoms with E-state index in [2.05, 4.69) is 10.6 Å². The molecule has 2 N–H and O–H groups in total. The molecule has 0 spiro atoms. The molecule has 1 heterocycles. The van der Waals surface area contributed by atoms with E-state index in [1.165, 1.54) is 17.0 Å². The van der Waals surface area contributed by atoms with Gasteiger partial charge in [0.05, 0.1) is 21.2 Å². The summed E-state index contributed by atoms with van der Waals surface area (Å²) in [7, 11) is -4.47. The Morgan fingerprint density at radius 1 is 1.02 bits per heavy atom. The fraction of sp³-hybridized carbons (Fsp3) is 0.500. The predicted octanol–water partition coefficient (Wildman–Crippen LogP) is 5.13. The molecule has 13 heteroatoms. The Balaban J connectivity index is 1.37. The number of likely N-dealkylation sites (tertiary alicyclic amines) is 1. The topological polar surface area (TPSA) is 98.8 Å². The van der Waals surface area contributed by atoms with Gasteiger partial charge in [0.2, 0.25) is 5.91 Å². The molecule has 5 rings (SSSR count). The number of sulfonamides is 1. The highest BCUT2D eigenvalue weighted by atomic mass is 35.5. The Labute approximate surface area is 242 Å². The summed E-state index contributed by atoms with van der Waals surface area (Å²) in [6, 6.07) is 8.57. The fourth-order valence-corrected chi connectivity index (χ4v) is 6.71. The van der Waals surface area contributed by atoms with Gasteiger partial charge >= 0.3 is 12.2 Å². The second kappa shape index (κ2) is 11.7. The number of anilines is 1. The Hall–Kier alpha value is -2.99. The third-order valence-corrected chi connectivity index (χ3v) is 9.77. The summed E-state index contributed by atoms with van der Waals surface area (Å²) in [6.45, 7) is 0.264. The lowest BCUT2D eigenvalue weighted by atomic mass is 9.98. The number of alkyl halides is 3. The molecule has 1 aliphatic heterocycles. The van der Waals surface area contributed by atoms with E-state index in [1.54, 1.807) is 12.1 Å². The zero-order chi connectivity index (χ0) is 29.4. The summed E-state index contributed by atoms with van der Waals surface area (Å²) in [5.41, 5.74) is -0.516. The number of carbonyl (C=O) groups is 2. The number of benzene rings is 2. The quantitative estimate of drug-likeness (QED) is 0.410. The lowest BCUT2D eigenvalue weighted by molar-refractivity contribution is -0.137. The van der Waals surface area contributed by atoms with Crippen LogP contribution in [0.1, 0.15) is 55.6 Å². The zero-order valence-electron chi connectivity index (χ0n) is 22.3. The van der Waals surface area contributed by atoms with Crippen LogP contribution in [0, 0.1) is 5.92 Å². The van der Waals surface area contributed by atoms with Crippen molar-refractivity contribution in [3.8, 4) is 0 Å². The highest BCUT2D eigenvalue weighted by molar-refractivity contribution is 7.92. The number of amides is 3. The molecule has 0 bridgehead atoms. The fourth-order valence-electron chi connectivity index (χ4n) is 5.02. The van der Waals surface area contributed by atoms with E-state index >= 15 is 0 Å². The molecule has 2 aromatic rings. The van der Waals surface area contributed by atoms with Crippen LogP contribution < -0.4 is 14.9 Å². The van der Waals surface area contributed by atoms with Crippen molar-refractivity contribution in [3.05, 3.63) is 58.6 Å². The highest BCUT2D eigenvalue weighted by Gasteiger charge is 2.36. The van der Waals surface area contributed by atoms with E-state index in [1.807, 2.05) is 0 Å². The van der Waals surface area contributed by atoms with Gasteiger partial charge in [-0.1, -0.05) is 23.7 Å². The van der Waals surface area contributed by atoms with Gasteiger partial charge in [-0.05, 0) is 86.3 Å². The van der Waals surface area contributed by atoms with Gasteiger partial charge in [-0.3, -0.25) is 9.10 Å². The summed E-state index contributed by atoms with van der Waals surface area (Å²) >= 11 is 6.27. The first kappa shape index (κ1) is 29.5. The molecule has 41 heavy (non-hydrogen) atoms. The van der Waals surface area contributed by atoms with E-state index in [-0.39, 0.29) is 34.5 Å². The van der Waals surface area contributed by atoms with Gasteiger partial charge < -0.3 is 15.5 Å². The number of carbonyl (C=O) groups excluding carboxylic acids is 2. The zero-order valence-corrected chi connectivity index (χ0v) is 23.9. The summed E-state index contributed by atoms with van der Waals surface area (Å²) in [5, 5.41) is 5.43. The minimum absolute atomic E-state index is 0.0465. The molecule has 3 amide bonds. The van der Waals surface area contributed by atoms with Gasteiger partial charge in [0, 0.05) is 25.7 Å². The highest BCUT2D eigenvalue weighted by Crippen LogP contribution is 2.41. The Kier molecular flexibility index (Phi) is 8.43. The molecule has 222 valence electrons. The van der Waals surface area contributed by atoms with Crippen molar-refractivity contribution in [1.29, 1.82) is 0 Å². The van der Waals surface area contributed by atoms with Crippen LogP contribution >= 0.6 is 11.6 Å². The molecule has 2 saturated carbocycles. The van der Waals surface area contributed by atoms with Crippen molar-refractivity contribution >= 4 is 39.2 Å². The summed E-state index contributed by atoms with van der Waals surface area (Å²) in [4.78, 5) is 26.9. The van der Waals surface area contributed by atoms with Crippen molar-refractivity contribution < 1.29 is 31.2 Å². The van der Waals surface area contributed by atoms with Crippen LogP contribution in [-0.2, 0) is 21.0 Å². The van der Waals surface area contributed by atoms with E-state index in [0.29, 0.717) is 35.8 Å². The van der Waals surface area contributed by atoms with Gasteiger partial charge in [0.15, 0.2) is 0 Å². The smallest absolute Gasteiger partial charge is 0.341 e. The third-order valence-electron chi connectivity index (χ3n) is 7.67. The van der Waals surface area contributed by atoms with Crippen molar-refractivity contribution in [2.75, 3.05) is 30.5 Å². The molecule has 2 aliphatic carbocycles. The normalized spacial score (nSPS) is 19.5. The SMILES string of the molecule is O=C(NCC1CCCN(C(=O)CN(c2cc(C(F)(F)F)ccc2Cl)S(=O)(=O)c2ccc(C3CC3)cc2)C1)NC1CC1. The maximum atomic E-state index is 13.9. The maximum absolute atomic E-state index is 13.9. The summed E-state index contributed by atoms with van der Waals surface area (Å²) < 4.78 is 69.1. The van der Waals surface area contributed by atoms with Crippen LogP contribution in [0.15, 0.2) is 47.4 Å². The van der Waals surface area contributed by atoms with Crippen LogP contribution in [-0.4, -0.2) is 57.5 Å². The third kappa shape index (κ3) is 7.27. The molecule has 1 saturated heterocycles. The lowest BCUT2D eigenvalue weighted by Crippen LogP contribution is -2.49.